The molecule has 2 aromatic heterocycles. The number of aromatic nitrogens is 2. The van der Waals surface area contributed by atoms with Crippen LogP contribution in [0.3, 0.4) is 0 Å². The van der Waals surface area contributed by atoms with Crippen LogP contribution in [-0.4, -0.2) is 124 Å². The molecule has 2 saturated heterocycles. The van der Waals surface area contributed by atoms with Crippen molar-refractivity contribution in [2.45, 2.75) is 50.3 Å². The number of rotatable bonds is 15. The number of sulfone groups is 1. The number of carbonyl (C=O) groups excluding carboxylic acids is 1. The molecule has 0 spiro atoms. The molecule has 2 aliphatic heterocycles. The number of halogens is 4. The third-order valence-electron chi connectivity index (χ3n) is 12.8. The van der Waals surface area contributed by atoms with E-state index in [0.717, 1.165) is 59.9 Å². The van der Waals surface area contributed by atoms with Crippen LogP contribution in [0.4, 0.5) is 30.2 Å². The van der Waals surface area contributed by atoms with E-state index in [0.29, 0.717) is 56.0 Å². The molecule has 22 heteroatoms. The third kappa shape index (κ3) is 11.7. The SMILES string of the molecule is CC1(C)CCC(CN2CCN(c3ccc(C(=O)CS(=O)(=O)c4ccc(NC[C@H]5CN(S(C)(=O)=O)CCO5)c([N+](=O)[O-])c4)c(Oc4cnc5[nH]ccc5c4)c3)CC2)=C(c2ccc(C(F)(F)F)cc2Cl)C1. The first kappa shape index (κ1) is 49.8. The second kappa shape index (κ2) is 19.7. The maximum absolute atomic E-state index is 14.1. The van der Waals surface area contributed by atoms with Gasteiger partial charge in [-0.15, -0.1) is 0 Å². The zero-order valence-electron chi connectivity index (χ0n) is 38.0. The molecule has 4 heterocycles. The first-order chi connectivity index (χ1) is 32.5. The molecule has 69 heavy (non-hydrogen) atoms. The average Bonchev–Trinajstić information content (AvgIpc) is 3.76. The van der Waals surface area contributed by atoms with Gasteiger partial charge in [0.1, 0.15) is 28.6 Å². The number of nitro benzene ring substituents is 1. The fourth-order valence-corrected chi connectivity index (χ4v) is 11.3. The fraction of sp³-hybridized carbons (Fsp3) is 0.404. The number of ketones is 1. The van der Waals surface area contributed by atoms with Crippen LogP contribution in [0.5, 0.6) is 11.5 Å². The topological polar surface area (TPSA) is 197 Å². The van der Waals surface area contributed by atoms with Crippen LogP contribution in [0.15, 0.2) is 89.6 Å². The summed E-state index contributed by atoms with van der Waals surface area (Å²) in [6, 6.07) is 15.2. The highest BCUT2D eigenvalue weighted by molar-refractivity contribution is 7.92. The van der Waals surface area contributed by atoms with Crippen LogP contribution in [-0.2, 0) is 30.8 Å². The summed E-state index contributed by atoms with van der Waals surface area (Å²) in [5, 5.41) is 15.9. The summed E-state index contributed by atoms with van der Waals surface area (Å²) in [6.07, 6.45) is 1.50. The van der Waals surface area contributed by atoms with Gasteiger partial charge in [0, 0.05) is 86.8 Å². The van der Waals surface area contributed by atoms with Gasteiger partial charge >= 0.3 is 6.18 Å². The van der Waals surface area contributed by atoms with Gasteiger partial charge in [-0.05, 0) is 84.3 Å². The number of hydrogen-bond donors (Lipinski definition) is 2. The number of fused-ring (bicyclic) bond motifs is 1. The van der Waals surface area contributed by atoms with E-state index in [1.165, 1.54) is 28.7 Å². The number of benzene rings is 3. The first-order valence-electron chi connectivity index (χ1n) is 22.2. The highest BCUT2D eigenvalue weighted by Crippen LogP contribution is 2.46. The predicted molar refractivity (Wildman–Crippen MR) is 256 cm³/mol. The summed E-state index contributed by atoms with van der Waals surface area (Å²) in [4.78, 5) is 36.9. The van der Waals surface area contributed by atoms with E-state index in [2.05, 4.69) is 38.9 Å². The van der Waals surface area contributed by atoms with E-state index in [4.69, 9.17) is 21.1 Å². The monoisotopic (exact) mass is 1010 g/mol. The molecule has 0 bridgehead atoms. The number of nitro groups is 1. The number of aromatic amines is 1. The summed E-state index contributed by atoms with van der Waals surface area (Å²) in [5.74, 6) is -1.50. The number of morpholine rings is 1. The van der Waals surface area contributed by atoms with E-state index in [-0.39, 0.29) is 59.4 Å². The number of allylic oxidation sites excluding steroid dienone is 1. The molecule has 2 fully saturated rings. The number of anilines is 2. The molecule has 0 unspecified atom stereocenters. The van der Waals surface area contributed by atoms with Gasteiger partial charge in [0.15, 0.2) is 15.6 Å². The number of ether oxygens (including phenoxy) is 2. The van der Waals surface area contributed by atoms with Crippen molar-refractivity contribution in [3.63, 3.8) is 0 Å². The van der Waals surface area contributed by atoms with E-state index in [1.807, 2.05) is 0 Å². The summed E-state index contributed by atoms with van der Waals surface area (Å²) >= 11 is 6.53. The van der Waals surface area contributed by atoms with E-state index in [9.17, 15) is 44.9 Å². The number of piperazine rings is 1. The number of sulfonamides is 1. The highest BCUT2D eigenvalue weighted by Gasteiger charge is 2.35. The van der Waals surface area contributed by atoms with E-state index >= 15 is 0 Å². The Morgan fingerprint density at radius 1 is 1.03 bits per heavy atom. The Labute approximate surface area is 402 Å². The van der Waals surface area contributed by atoms with Crippen molar-refractivity contribution < 1.29 is 49.2 Å². The summed E-state index contributed by atoms with van der Waals surface area (Å²) < 4.78 is 105. The fourth-order valence-electron chi connectivity index (χ4n) is 8.97. The second-order valence-electron chi connectivity index (χ2n) is 18.4. The van der Waals surface area contributed by atoms with Gasteiger partial charge in [-0.2, -0.15) is 17.5 Å². The smallest absolute Gasteiger partial charge is 0.416 e. The second-order valence-corrected chi connectivity index (χ2v) is 22.7. The first-order valence-corrected chi connectivity index (χ1v) is 26.1. The van der Waals surface area contributed by atoms with Crippen molar-refractivity contribution in [2.24, 2.45) is 5.41 Å². The number of nitrogens with zero attached hydrogens (tertiary/aromatic N) is 5. The molecule has 0 saturated carbocycles. The quantitative estimate of drug-likeness (QED) is 0.0576. The maximum Gasteiger partial charge on any atom is 0.416 e. The molecule has 8 rings (SSSR count). The van der Waals surface area contributed by atoms with Crippen LogP contribution >= 0.6 is 11.6 Å². The summed E-state index contributed by atoms with van der Waals surface area (Å²) in [7, 11) is -7.95. The molecule has 2 N–H and O–H groups in total. The summed E-state index contributed by atoms with van der Waals surface area (Å²) in [5.41, 5.74) is 2.57. The van der Waals surface area contributed by atoms with Gasteiger partial charge in [0.25, 0.3) is 5.69 Å². The van der Waals surface area contributed by atoms with Crippen LogP contribution in [0.25, 0.3) is 16.6 Å². The number of pyridine rings is 1. The Morgan fingerprint density at radius 2 is 1.80 bits per heavy atom. The van der Waals surface area contributed by atoms with Crippen LogP contribution < -0.4 is 15.0 Å². The van der Waals surface area contributed by atoms with Crippen LogP contribution in [0.1, 0.15) is 54.6 Å². The molecule has 1 atom stereocenters. The molecular weight excluding hydrogens is 963 g/mol. The van der Waals surface area contributed by atoms with Crippen LogP contribution in [0, 0.1) is 15.5 Å². The van der Waals surface area contributed by atoms with Gasteiger partial charge in [-0.3, -0.25) is 19.8 Å². The van der Waals surface area contributed by atoms with Crippen molar-refractivity contribution in [3.8, 4) is 11.5 Å². The Hall–Kier alpha value is -5.58. The Bertz CT molecular complexity index is 3050. The highest BCUT2D eigenvalue weighted by atomic mass is 35.5. The lowest BCUT2D eigenvalue weighted by Crippen LogP contribution is -2.47. The van der Waals surface area contributed by atoms with Crippen molar-refractivity contribution >= 4 is 70.9 Å². The van der Waals surface area contributed by atoms with Gasteiger partial charge in [-0.25, -0.2) is 21.8 Å². The predicted octanol–water partition coefficient (Wildman–Crippen LogP) is 8.45. The molecule has 1 aliphatic carbocycles. The van der Waals surface area contributed by atoms with E-state index in [1.54, 1.807) is 30.5 Å². The van der Waals surface area contributed by atoms with Gasteiger partial charge in [0.05, 0.1) is 46.1 Å². The zero-order chi connectivity index (χ0) is 49.5. The lowest BCUT2D eigenvalue weighted by molar-refractivity contribution is -0.384. The number of H-pyrrole nitrogens is 1. The standard InChI is InChI=1S/C47H51ClF3N7O9S2/c1-46(2)12-10-31(39(24-46)37-7-4-32(21-40(37)48)47(49,50)51)27-55-14-16-56(17-15-55)33-5-8-38(44(22-33)67-34-20-30-11-13-52-45(30)54-25-34)43(59)29-69(64,65)36-6-9-41(42(23-36)58(60)61)53-26-35-28-57(18-19-66-35)68(3,62)63/h4-9,11,13,20-23,25,35,53H,10,12,14-19,24,26-29H2,1-3H3,(H,52,54)/t35-/m0/s1. The number of carbonyl (C=O) groups is 1. The van der Waals surface area contributed by atoms with Crippen molar-refractivity contribution in [2.75, 3.05) is 81.2 Å². The van der Waals surface area contributed by atoms with Crippen molar-refractivity contribution in [3.05, 3.63) is 117 Å². The Balaban J connectivity index is 0.996. The number of Topliss-reactive ketones (excluding diaryl/α,β-unsaturated/α-hetero) is 1. The average molecular weight is 1010 g/mol. The lowest BCUT2D eigenvalue weighted by atomic mass is 9.72. The number of alkyl halides is 3. The van der Waals surface area contributed by atoms with Crippen molar-refractivity contribution in [1.82, 2.24) is 19.2 Å². The van der Waals surface area contributed by atoms with Gasteiger partial charge in [0.2, 0.25) is 10.0 Å². The molecule has 16 nitrogen and oxygen atoms in total. The summed E-state index contributed by atoms with van der Waals surface area (Å²) in [6.45, 7) is 7.67. The molecule has 368 valence electrons. The molecular formula is C47H51ClF3N7O9S2. The van der Waals surface area contributed by atoms with Gasteiger partial charge in [-0.1, -0.05) is 37.1 Å². The molecule has 0 amide bonds. The third-order valence-corrected chi connectivity index (χ3v) is 16.0. The lowest BCUT2D eigenvalue weighted by Gasteiger charge is -2.39. The molecule has 0 radical (unpaired) electrons. The molecule has 3 aliphatic rings. The molecule has 3 aromatic carbocycles. The minimum atomic E-state index is -4.51. The van der Waals surface area contributed by atoms with Crippen molar-refractivity contribution in [1.29, 1.82) is 0 Å². The Kier molecular flexibility index (Phi) is 14.2. The maximum atomic E-state index is 14.1. The van der Waals surface area contributed by atoms with Gasteiger partial charge < -0.3 is 24.7 Å². The minimum absolute atomic E-state index is 0.000549. The largest absolute Gasteiger partial charge is 0.455 e. The van der Waals surface area contributed by atoms with Crippen LogP contribution in [0.2, 0.25) is 5.02 Å². The zero-order valence-corrected chi connectivity index (χ0v) is 40.4. The number of nitrogens with one attached hydrogen (secondary N) is 2. The number of hydrogen-bond acceptors (Lipinski definition) is 13. The molecule has 5 aromatic rings. The minimum Gasteiger partial charge on any atom is -0.455 e. The Morgan fingerprint density at radius 3 is 2.51 bits per heavy atom. The van der Waals surface area contributed by atoms with E-state index < -0.39 is 64.7 Å². The normalized spacial score (nSPS) is 18.7.